The van der Waals surface area contributed by atoms with E-state index >= 15 is 0 Å². The van der Waals surface area contributed by atoms with Crippen molar-refractivity contribution in [1.82, 2.24) is 0 Å². The second kappa shape index (κ2) is 23.4. The summed E-state index contributed by atoms with van der Waals surface area (Å²) in [4.78, 5) is 0. The third kappa shape index (κ3) is 27.5. The molecule has 0 spiro atoms. The van der Waals surface area contributed by atoms with E-state index in [1.165, 1.54) is 70.6 Å². The lowest BCUT2D eigenvalue weighted by atomic mass is 10.1. The molecule has 0 aliphatic heterocycles. The summed E-state index contributed by atoms with van der Waals surface area (Å²) in [6.45, 7) is 26.7. The van der Waals surface area contributed by atoms with E-state index in [0.29, 0.717) is 6.61 Å². The Hall–Kier alpha value is 0.981. The molecular weight excluding hydrogens is 669 g/mol. The summed E-state index contributed by atoms with van der Waals surface area (Å²) in [5.41, 5.74) is 0. The summed E-state index contributed by atoms with van der Waals surface area (Å²) >= 11 is 0. The van der Waals surface area contributed by atoms with Crippen molar-refractivity contribution in [3.63, 3.8) is 0 Å². The quantitative estimate of drug-likeness (QED) is 0.0556. The fourth-order valence-electron chi connectivity index (χ4n) is 5.86. The van der Waals surface area contributed by atoms with Crippen LogP contribution in [0.25, 0.3) is 0 Å². The topological polar surface area (TPSA) is 95.8 Å². The maximum atomic E-state index is 9.57. The zero-order chi connectivity index (χ0) is 34.6. The van der Waals surface area contributed by atoms with E-state index in [4.69, 9.17) is 30.4 Å². The van der Waals surface area contributed by atoms with Gasteiger partial charge in [-0.1, -0.05) is 84.0 Å². The molecule has 45 heavy (non-hydrogen) atoms. The van der Waals surface area contributed by atoms with Crippen molar-refractivity contribution < 1.29 is 35.5 Å². The van der Waals surface area contributed by atoms with Gasteiger partial charge in [-0.3, -0.25) is 0 Å². The van der Waals surface area contributed by atoms with Gasteiger partial charge in [-0.05, 0) is 90.5 Å². The van der Waals surface area contributed by atoms with Gasteiger partial charge in [-0.2, -0.15) is 0 Å². The van der Waals surface area contributed by atoms with Crippen molar-refractivity contribution in [2.75, 3.05) is 19.8 Å². The normalized spacial score (nSPS) is 16.6. The van der Waals surface area contributed by atoms with Crippen molar-refractivity contribution in [3.05, 3.63) is 0 Å². The minimum atomic E-state index is -2.58. The van der Waals surface area contributed by atoms with Crippen LogP contribution in [0.5, 0.6) is 0 Å². The van der Waals surface area contributed by atoms with E-state index in [2.05, 4.69) is 78.9 Å². The monoisotopic (exact) mass is 743 g/mol. The fraction of sp³-hybridized carbons (Fsp3) is 1.00. The molecular formula is C31H75O8Si6. The van der Waals surface area contributed by atoms with Crippen LogP contribution in [0.4, 0.5) is 0 Å². The molecule has 0 aliphatic carbocycles. The van der Waals surface area contributed by atoms with E-state index in [0.717, 1.165) is 24.9 Å². The van der Waals surface area contributed by atoms with Crippen molar-refractivity contribution in [3.8, 4) is 0 Å². The molecule has 0 aromatic heterocycles. The Kier molecular flexibility index (Phi) is 23.9. The highest BCUT2D eigenvalue weighted by Gasteiger charge is 2.45. The van der Waals surface area contributed by atoms with E-state index in [-0.39, 0.29) is 13.2 Å². The average molecular weight is 744 g/mol. The first-order chi connectivity index (χ1) is 20.7. The maximum absolute atomic E-state index is 9.57. The van der Waals surface area contributed by atoms with Gasteiger partial charge in [-0.15, -0.1) is 0 Å². The summed E-state index contributed by atoms with van der Waals surface area (Å²) in [7, 11) is -12.8. The van der Waals surface area contributed by atoms with Crippen LogP contribution in [0.3, 0.4) is 0 Å². The third-order valence-corrected chi connectivity index (χ3v) is 27.7. The zero-order valence-electron chi connectivity index (χ0n) is 31.6. The Morgan fingerprint density at radius 3 is 1.44 bits per heavy atom. The molecule has 0 aromatic rings. The van der Waals surface area contributed by atoms with Crippen LogP contribution in [0.2, 0.25) is 84.1 Å². The first-order valence-corrected chi connectivity index (χ1v) is 34.4. The minimum Gasteiger partial charge on any atom is -0.437 e. The van der Waals surface area contributed by atoms with Crippen molar-refractivity contribution in [1.29, 1.82) is 0 Å². The predicted octanol–water partition coefficient (Wildman–Crippen LogP) is 9.16. The number of ether oxygens (including phenoxy) is 1. The Balaban J connectivity index is 5.22. The molecule has 0 rings (SSSR count). The Morgan fingerprint density at radius 1 is 0.578 bits per heavy atom. The number of aliphatic hydroxyl groups excluding tert-OH is 2. The minimum absolute atomic E-state index is 0.135. The molecule has 0 bridgehead atoms. The molecule has 0 amide bonds. The summed E-state index contributed by atoms with van der Waals surface area (Å²) in [5, 5.41) is 18.6. The molecule has 0 aromatic carbocycles. The van der Waals surface area contributed by atoms with Gasteiger partial charge in [0.05, 0.1) is 13.2 Å². The number of hydrogen-bond acceptors (Lipinski definition) is 8. The van der Waals surface area contributed by atoms with Gasteiger partial charge < -0.3 is 35.5 Å². The summed E-state index contributed by atoms with van der Waals surface area (Å²) < 4.78 is 39.6. The predicted molar refractivity (Wildman–Crippen MR) is 204 cm³/mol. The highest BCUT2D eigenvalue weighted by molar-refractivity contribution is 6.88. The molecule has 271 valence electrons. The lowest BCUT2D eigenvalue weighted by Crippen LogP contribution is -2.57. The van der Waals surface area contributed by atoms with Gasteiger partial charge in [0.1, 0.15) is 6.10 Å². The van der Waals surface area contributed by atoms with E-state index in [9.17, 15) is 5.11 Å². The fourth-order valence-corrected chi connectivity index (χ4v) is 31.4. The lowest BCUT2D eigenvalue weighted by Gasteiger charge is -2.41. The molecule has 0 aliphatic rings. The Labute approximate surface area is 286 Å². The van der Waals surface area contributed by atoms with Crippen LogP contribution in [-0.2, 0) is 25.3 Å². The van der Waals surface area contributed by atoms with Crippen LogP contribution < -0.4 is 0 Å². The molecule has 3 unspecified atom stereocenters. The van der Waals surface area contributed by atoms with Gasteiger partial charge in [0, 0.05) is 6.61 Å². The van der Waals surface area contributed by atoms with Crippen molar-refractivity contribution >= 4 is 51.6 Å². The zero-order valence-corrected chi connectivity index (χ0v) is 37.6. The first-order valence-electron chi connectivity index (χ1n) is 17.9. The summed E-state index contributed by atoms with van der Waals surface area (Å²) in [6.07, 6.45) is 15.9. The molecule has 14 heteroatoms. The standard InChI is InChI=1S/C31H75O8Si6/c1-13-14-15-16-17-18-19-20-21-22-23-24-27-45(12,39-43(9,10)37-41(3,4)5)36-40(2)35-44(11,38-42(6,7)8)28-25-26-34-30-31(33)29-32/h31-33H,13-30H2,1-12H3. The highest BCUT2D eigenvalue weighted by atomic mass is 28.5. The van der Waals surface area contributed by atoms with Gasteiger partial charge in [0.15, 0.2) is 16.6 Å². The largest absolute Gasteiger partial charge is 0.437 e. The van der Waals surface area contributed by atoms with Crippen molar-refractivity contribution in [2.24, 2.45) is 0 Å². The van der Waals surface area contributed by atoms with Crippen LogP contribution in [0.15, 0.2) is 0 Å². The summed E-state index contributed by atoms with van der Waals surface area (Å²) in [5.74, 6) is 0. The second-order valence-electron chi connectivity index (χ2n) is 15.5. The van der Waals surface area contributed by atoms with E-state index < -0.39 is 57.7 Å². The number of unbranched alkanes of at least 4 members (excludes halogenated alkanes) is 11. The lowest BCUT2D eigenvalue weighted by molar-refractivity contribution is 0.00624. The second-order valence-corrected chi connectivity index (χ2v) is 37.4. The number of hydrogen-bond donors (Lipinski definition) is 2. The third-order valence-electron chi connectivity index (χ3n) is 7.18. The first kappa shape index (κ1) is 46.0. The molecule has 3 atom stereocenters. The Bertz CT molecular complexity index is 740. The van der Waals surface area contributed by atoms with Crippen LogP contribution in [0.1, 0.15) is 90.4 Å². The molecule has 0 saturated carbocycles. The van der Waals surface area contributed by atoms with Crippen LogP contribution in [0, 0.1) is 0 Å². The highest BCUT2D eigenvalue weighted by Crippen LogP contribution is 2.29. The molecule has 8 nitrogen and oxygen atoms in total. The number of aliphatic hydroxyl groups is 2. The van der Waals surface area contributed by atoms with Crippen LogP contribution in [-0.4, -0.2) is 87.7 Å². The number of rotatable bonds is 30. The molecule has 2 N–H and O–H groups in total. The average Bonchev–Trinajstić information content (AvgIpc) is 2.85. The smallest absolute Gasteiger partial charge is 0.362 e. The van der Waals surface area contributed by atoms with Crippen LogP contribution >= 0.6 is 0 Å². The molecule has 0 fully saturated rings. The van der Waals surface area contributed by atoms with Gasteiger partial charge in [0.25, 0.3) is 0 Å². The SMILES string of the molecule is CCCCCCCCCCCCCC[Si](C)(O[Si](C)O[Si](C)(CCCOCC(O)CO)O[Si](C)(C)C)O[Si](C)(C)O[Si](C)(C)C. The van der Waals surface area contributed by atoms with Gasteiger partial charge in [0.2, 0.25) is 0 Å². The molecule has 0 heterocycles. The Morgan fingerprint density at radius 2 is 1.00 bits per heavy atom. The van der Waals surface area contributed by atoms with Gasteiger partial charge in [-0.25, -0.2) is 0 Å². The van der Waals surface area contributed by atoms with E-state index in [1.807, 2.05) is 0 Å². The molecule has 0 saturated heterocycles. The molecule has 1 radical (unpaired) electrons. The van der Waals surface area contributed by atoms with Gasteiger partial charge >= 0.3 is 35.0 Å². The maximum Gasteiger partial charge on any atom is 0.362 e. The summed E-state index contributed by atoms with van der Waals surface area (Å²) in [6, 6.07) is 1.74. The van der Waals surface area contributed by atoms with Crippen molar-refractivity contribution in [2.45, 2.75) is 181 Å². The van der Waals surface area contributed by atoms with E-state index in [1.54, 1.807) is 0 Å².